The van der Waals surface area contributed by atoms with E-state index in [-0.39, 0.29) is 11.8 Å². The van der Waals surface area contributed by atoms with Gasteiger partial charge in [-0.05, 0) is 36.6 Å². The number of rotatable bonds is 5. The highest BCUT2D eigenvalue weighted by Gasteiger charge is 2.20. The molecule has 1 amide bonds. The molecule has 3 nitrogen and oxygen atoms in total. The van der Waals surface area contributed by atoms with Crippen molar-refractivity contribution in [2.75, 3.05) is 12.3 Å². The van der Waals surface area contributed by atoms with E-state index in [2.05, 4.69) is 5.32 Å². The molecule has 1 unspecified atom stereocenters. The first kappa shape index (κ1) is 14.1. The summed E-state index contributed by atoms with van der Waals surface area (Å²) in [7, 11) is 0. The Morgan fingerprint density at radius 3 is 2.35 bits per heavy atom. The summed E-state index contributed by atoms with van der Waals surface area (Å²) in [5.41, 5.74) is 8.58. The van der Waals surface area contributed by atoms with Crippen molar-refractivity contribution in [3.63, 3.8) is 0 Å². The van der Waals surface area contributed by atoms with E-state index in [4.69, 9.17) is 5.73 Å². The van der Waals surface area contributed by atoms with Crippen LogP contribution in [0.15, 0.2) is 54.6 Å². The van der Waals surface area contributed by atoms with Crippen molar-refractivity contribution in [1.82, 2.24) is 5.32 Å². The smallest absolute Gasteiger partial charge is 0.227 e. The second kappa shape index (κ2) is 6.75. The van der Waals surface area contributed by atoms with Crippen LogP contribution in [0.5, 0.6) is 0 Å². The van der Waals surface area contributed by atoms with Gasteiger partial charge in [0.05, 0.1) is 5.92 Å². The Balaban J connectivity index is 2.23. The normalized spacial score (nSPS) is 11.8. The average molecular weight is 268 g/mol. The summed E-state index contributed by atoms with van der Waals surface area (Å²) >= 11 is 0. The highest BCUT2D eigenvalue weighted by Crippen LogP contribution is 2.21. The third-order valence-electron chi connectivity index (χ3n) is 3.29. The zero-order chi connectivity index (χ0) is 14.4. The molecule has 2 aromatic rings. The van der Waals surface area contributed by atoms with Crippen LogP contribution in [0.25, 0.3) is 0 Å². The van der Waals surface area contributed by atoms with Crippen LogP contribution in [0.3, 0.4) is 0 Å². The molecule has 0 aromatic heterocycles. The molecule has 0 aliphatic carbocycles. The lowest BCUT2D eigenvalue weighted by atomic mass is 9.91. The molecule has 104 valence electrons. The van der Waals surface area contributed by atoms with Crippen molar-refractivity contribution in [3.8, 4) is 0 Å². The third-order valence-corrected chi connectivity index (χ3v) is 3.29. The molecule has 0 fully saturated rings. The van der Waals surface area contributed by atoms with Crippen LogP contribution < -0.4 is 11.1 Å². The minimum absolute atomic E-state index is 0.0653. The number of amides is 1. The Hall–Kier alpha value is -2.29. The molecule has 1 atom stereocenters. The van der Waals surface area contributed by atoms with Gasteiger partial charge in [-0.25, -0.2) is 0 Å². The molecule has 2 rings (SSSR count). The molecule has 0 saturated heterocycles. The van der Waals surface area contributed by atoms with E-state index in [1.165, 1.54) is 0 Å². The van der Waals surface area contributed by atoms with Crippen molar-refractivity contribution >= 4 is 11.6 Å². The lowest BCUT2D eigenvalue weighted by Crippen LogP contribution is -2.30. The first-order chi connectivity index (χ1) is 9.70. The van der Waals surface area contributed by atoms with Gasteiger partial charge in [0.2, 0.25) is 5.91 Å². The number of nitrogens with one attached hydrogen (secondary N) is 1. The van der Waals surface area contributed by atoms with Gasteiger partial charge in [0.25, 0.3) is 0 Å². The van der Waals surface area contributed by atoms with Crippen LogP contribution in [-0.2, 0) is 11.2 Å². The molecule has 0 heterocycles. The minimum atomic E-state index is -0.167. The van der Waals surface area contributed by atoms with E-state index in [9.17, 15) is 4.79 Å². The van der Waals surface area contributed by atoms with E-state index in [1.54, 1.807) is 0 Å². The van der Waals surface area contributed by atoms with Gasteiger partial charge in [-0.2, -0.15) is 0 Å². The molecule has 0 bridgehead atoms. The Bertz CT molecular complexity index is 549. The fraction of sp³-hybridized carbons (Fsp3) is 0.235. The van der Waals surface area contributed by atoms with Crippen LogP contribution in [0, 0.1) is 0 Å². The second-order valence-corrected chi connectivity index (χ2v) is 4.80. The number of hydrogen-bond acceptors (Lipinski definition) is 2. The fourth-order valence-electron chi connectivity index (χ4n) is 2.23. The largest absolute Gasteiger partial charge is 0.399 e. The number of benzene rings is 2. The molecule has 0 aliphatic heterocycles. The summed E-state index contributed by atoms with van der Waals surface area (Å²) in [5.74, 6) is -0.102. The van der Waals surface area contributed by atoms with E-state index in [0.29, 0.717) is 13.0 Å². The van der Waals surface area contributed by atoms with Crippen LogP contribution in [0.1, 0.15) is 24.0 Å². The van der Waals surface area contributed by atoms with Crippen LogP contribution >= 0.6 is 0 Å². The van der Waals surface area contributed by atoms with Crippen LogP contribution in [-0.4, -0.2) is 12.5 Å². The standard InChI is InChI=1S/C17H20N2O/c1-2-19-17(20)16(14-6-4-3-5-7-14)12-13-8-10-15(18)11-9-13/h3-11,16H,2,12,18H2,1H3,(H,19,20). The van der Waals surface area contributed by atoms with E-state index in [0.717, 1.165) is 16.8 Å². The van der Waals surface area contributed by atoms with E-state index < -0.39 is 0 Å². The van der Waals surface area contributed by atoms with Gasteiger partial charge >= 0.3 is 0 Å². The zero-order valence-electron chi connectivity index (χ0n) is 11.7. The number of hydrogen-bond donors (Lipinski definition) is 2. The van der Waals surface area contributed by atoms with Gasteiger partial charge in [0, 0.05) is 12.2 Å². The fourth-order valence-corrected chi connectivity index (χ4v) is 2.23. The van der Waals surface area contributed by atoms with Crippen molar-refractivity contribution in [2.24, 2.45) is 0 Å². The Morgan fingerprint density at radius 1 is 1.10 bits per heavy atom. The summed E-state index contributed by atoms with van der Waals surface area (Å²) < 4.78 is 0. The molecule has 0 saturated carbocycles. The third kappa shape index (κ3) is 3.60. The highest BCUT2D eigenvalue weighted by atomic mass is 16.1. The molecule has 2 aromatic carbocycles. The van der Waals surface area contributed by atoms with Crippen molar-refractivity contribution < 1.29 is 4.79 Å². The number of likely N-dealkylation sites (N-methyl/N-ethyl adjacent to an activating group) is 1. The number of carbonyl (C=O) groups excluding carboxylic acids is 1. The monoisotopic (exact) mass is 268 g/mol. The lowest BCUT2D eigenvalue weighted by molar-refractivity contribution is -0.122. The summed E-state index contributed by atoms with van der Waals surface area (Å²) in [6.07, 6.45) is 0.677. The van der Waals surface area contributed by atoms with Crippen LogP contribution in [0.4, 0.5) is 5.69 Å². The Labute approximate surface area is 119 Å². The predicted molar refractivity (Wildman–Crippen MR) is 82.4 cm³/mol. The minimum Gasteiger partial charge on any atom is -0.399 e. The molecular formula is C17H20N2O. The number of anilines is 1. The van der Waals surface area contributed by atoms with Gasteiger partial charge in [0.1, 0.15) is 0 Å². The van der Waals surface area contributed by atoms with Crippen molar-refractivity contribution in [2.45, 2.75) is 19.3 Å². The van der Waals surface area contributed by atoms with Gasteiger partial charge in [-0.1, -0.05) is 42.5 Å². The maximum Gasteiger partial charge on any atom is 0.227 e. The number of nitrogens with two attached hydrogens (primary N) is 1. The average Bonchev–Trinajstić information content (AvgIpc) is 2.48. The van der Waals surface area contributed by atoms with Crippen molar-refractivity contribution in [3.05, 3.63) is 65.7 Å². The molecule has 20 heavy (non-hydrogen) atoms. The number of carbonyl (C=O) groups is 1. The Kier molecular flexibility index (Phi) is 4.77. The van der Waals surface area contributed by atoms with E-state index in [1.807, 2.05) is 61.5 Å². The first-order valence-electron chi connectivity index (χ1n) is 6.87. The predicted octanol–water partition coefficient (Wildman–Crippen LogP) is 2.73. The summed E-state index contributed by atoms with van der Waals surface area (Å²) in [6.45, 7) is 2.58. The molecule has 3 N–H and O–H groups in total. The molecule has 0 radical (unpaired) electrons. The SMILES string of the molecule is CCNC(=O)C(Cc1ccc(N)cc1)c1ccccc1. The molecule has 0 aliphatic rings. The molecule has 0 spiro atoms. The maximum atomic E-state index is 12.3. The highest BCUT2D eigenvalue weighted by molar-refractivity contribution is 5.83. The summed E-state index contributed by atoms with van der Waals surface area (Å²) in [6, 6.07) is 17.6. The quantitative estimate of drug-likeness (QED) is 0.819. The number of nitrogen functional groups attached to an aromatic ring is 1. The molecule has 3 heteroatoms. The first-order valence-corrected chi connectivity index (χ1v) is 6.87. The lowest BCUT2D eigenvalue weighted by Gasteiger charge is -2.17. The summed E-state index contributed by atoms with van der Waals surface area (Å²) in [4.78, 5) is 12.3. The van der Waals surface area contributed by atoms with Crippen molar-refractivity contribution in [1.29, 1.82) is 0 Å². The van der Waals surface area contributed by atoms with Gasteiger partial charge < -0.3 is 11.1 Å². The van der Waals surface area contributed by atoms with Gasteiger partial charge in [-0.3, -0.25) is 4.79 Å². The van der Waals surface area contributed by atoms with Gasteiger partial charge in [-0.15, -0.1) is 0 Å². The summed E-state index contributed by atoms with van der Waals surface area (Å²) in [5, 5.41) is 2.91. The Morgan fingerprint density at radius 2 is 1.75 bits per heavy atom. The topological polar surface area (TPSA) is 55.1 Å². The van der Waals surface area contributed by atoms with E-state index >= 15 is 0 Å². The maximum absolute atomic E-state index is 12.3. The second-order valence-electron chi connectivity index (χ2n) is 4.80. The molecular weight excluding hydrogens is 248 g/mol. The zero-order valence-corrected chi connectivity index (χ0v) is 11.7. The van der Waals surface area contributed by atoms with Crippen LogP contribution in [0.2, 0.25) is 0 Å². The van der Waals surface area contributed by atoms with Gasteiger partial charge in [0.15, 0.2) is 0 Å².